The van der Waals surface area contributed by atoms with Gasteiger partial charge in [-0.15, -0.1) is 0 Å². The van der Waals surface area contributed by atoms with Gasteiger partial charge in [0.05, 0.1) is 12.1 Å². The van der Waals surface area contributed by atoms with Crippen LogP contribution in [0.4, 0.5) is 11.4 Å². The number of anilines is 2. The van der Waals surface area contributed by atoms with Gasteiger partial charge in [-0.3, -0.25) is 14.4 Å². The second-order valence-electron chi connectivity index (χ2n) is 6.17. The predicted molar refractivity (Wildman–Crippen MR) is 108 cm³/mol. The average Bonchev–Trinajstić information content (AvgIpc) is 2.71. The van der Waals surface area contributed by atoms with E-state index in [9.17, 15) is 19.2 Å². The Hall–Kier alpha value is -3.68. The number of rotatable bonds is 8. The largest absolute Gasteiger partial charge is 0.452 e. The molecule has 0 heterocycles. The lowest BCUT2D eigenvalue weighted by atomic mass is 10.1. The smallest absolute Gasteiger partial charge is 0.338 e. The highest BCUT2D eigenvalue weighted by molar-refractivity contribution is 5.96. The Bertz CT molecular complexity index is 893. The fourth-order valence-electron chi connectivity index (χ4n) is 2.48. The molecule has 0 unspecified atom stereocenters. The van der Waals surface area contributed by atoms with Crippen molar-refractivity contribution in [3.8, 4) is 0 Å². The molecule has 2 rings (SSSR count). The maximum absolute atomic E-state index is 12.0. The van der Waals surface area contributed by atoms with Crippen molar-refractivity contribution in [2.45, 2.75) is 20.3 Å². The van der Waals surface area contributed by atoms with E-state index in [-0.39, 0.29) is 23.9 Å². The molecule has 8 nitrogen and oxygen atoms in total. The Morgan fingerprint density at radius 2 is 1.59 bits per heavy atom. The van der Waals surface area contributed by atoms with Crippen LogP contribution in [0.1, 0.15) is 29.8 Å². The highest BCUT2D eigenvalue weighted by Crippen LogP contribution is 2.15. The summed E-state index contributed by atoms with van der Waals surface area (Å²) in [5, 5.41) is 7.72. The van der Waals surface area contributed by atoms with Gasteiger partial charge in [-0.05, 0) is 42.3 Å². The van der Waals surface area contributed by atoms with Crippen LogP contribution >= 0.6 is 0 Å². The zero-order chi connectivity index (χ0) is 21.2. The van der Waals surface area contributed by atoms with Crippen LogP contribution in [0.2, 0.25) is 0 Å². The van der Waals surface area contributed by atoms with E-state index in [1.54, 1.807) is 18.2 Å². The molecule has 0 radical (unpaired) electrons. The van der Waals surface area contributed by atoms with Gasteiger partial charge in [0.2, 0.25) is 11.8 Å². The maximum Gasteiger partial charge on any atom is 0.338 e. The third-order valence-electron chi connectivity index (χ3n) is 3.89. The van der Waals surface area contributed by atoms with Crippen molar-refractivity contribution in [2.24, 2.45) is 0 Å². The second kappa shape index (κ2) is 10.6. The lowest BCUT2D eigenvalue weighted by Crippen LogP contribution is -2.35. The number of para-hydroxylation sites is 1. The monoisotopic (exact) mass is 397 g/mol. The molecule has 0 aliphatic rings. The molecule has 0 atom stereocenters. The van der Waals surface area contributed by atoms with Gasteiger partial charge in [0, 0.05) is 18.3 Å². The summed E-state index contributed by atoms with van der Waals surface area (Å²) in [4.78, 5) is 46.7. The van der Waals surface area contributed by atoms with Crippen LogP contribution in [0.15, 0.2) is 48.5 Å². The van der Waals surface area contributed by atoms with Gasteiger partial charge < -0.3 is 20.7 Å². The van der Waals surface area contributed by atoms with Crippen LogP contribution in [0.3, 0.4) is 0 Å². The average molecular weight is 397 g/mol. The highest BCUT2D eigenvalue weighted by atomic mass is 16.5. The fourth-order valence-corrected chi connectivity index (χ4v) is 2.48. The lowest BCUT2D eigenvalue weighted by molar-refractivity contribution is -0.126. The Balaban J connectivity index is 1.75. The van der Waals surface area contributed by atoms with E-state index in [2.05, 4.69) is 16.0 Å². The standard InChI is InChI=1S/C21H23N3O5/c1-3-15-6-4-5-7-18(15)24-19(26)12-22-20(27)13-29-21(28)16-8-10-17(11-9-16)23-14(2)25/h4-11H,3,12-13H2,1-2H3,(H,22,27)(H,23,25)(H,24,26). The number of ether oxygens (including phenoxy) is 1. The molecular weight excluding hydrogens is 374 g/mol. The molecule has 3 N–H and O–H groups in total. The first-order valence-corrected chi connectivity index (χ1v) is 9.08. The van der Waals surface area contributed by atoms with Crippen LogP contribution in [-0.2, 0) is 25.5 Å². The van der Waals surface area contributed by atoms with Crippen molar-refractivity contribution >= 4 is 35.1 Å². The predicted octanol–water partition coefficient (Wildman–Crippen LogP) is 2.12. The van der Waals surface area contributed by atoms with Gasteiger partial charge in [0.1, 0.15) is 0 Å². The maximum atomic E-state index is 12.0. The Morgan fingerprint density at radius 3 is 2.24 bits per heavy atom. The van der Waals surface area contributed by atoms with Crippen molar-refractivity contribution < 1.29 is 23.9 Å². The van der Waals surface area contributed by atoms with Crippen molar-refractivity contribution in [1.29, 1.82) is 0 Å². The summed E-state index contributed by atoms with van der Waals surface area (Å²) in [5.41, 5.74) is 2.47. The van der Waals surface area contributed by atoms with E-state index in [4.69, 9.17) is 4.74 Å². The number of esters is 1. The third-order valence-corrected chi connectivity index (χ3v) is 3.89. The minimum atomic E-state index is -0.684. The topological polar surface area (TPSA) is 114 Å². The van der Waals surface area contributed by atoms with Gasteiger partial charge in [-0.2, -0.15) is 0 Å². The zero-order valence-corrected chi connectivity index (χ0v) is 16.3. The summed E-state index contributed by atoms with van der Waals surface area (Å²) < 4.78 is 4.93. The molecular formula is C21H23N3O5. The molecule has 2 aromatic rings. The first kappa shape index (κ1) is 21.6. The zero-order valence-electron chi connectivity index (χ0n) is 16.3. The van der Waals surface area contributed by atoms with E-state index >= 15 is 0 Å². The van der Waals surface area contributed by atoms with E-state index in [1.807, 2.05) is 25.1 Å². The molecule has 0 saturated carbocycles. The van der Waals surface area contributed by atoms with E-state index in [0.717, 1.165) is 12.0 Å². The number of benzene rings is 2. The van der Waals surface area contributed by atoms with Crippen LogP contribution in [0.25, 0.3) is 0 Å². The van der Waals surface area contributed by atoms with Gasteiger partial charge >= 0.3 is 5.97 Å². The molecule has 0 aromatic heterocycles. The molecule has 3 amide bonds. The van der Waals surface area contributed by atoms with Gasteiger partial charge in [0.15, 0.2) is 6.61 Å². The quantitative estimate of drug-likeness (QED) is 0.591. The summed E-state index contributed by atoms with van der Waals surface area (Å²) in [6, 6.07) is 13.5. The van der Waals surface area contributed by atoms with E-state index in [0.29, 0.717) is 11.4 Å². The van der Waals surface area contributed by atoms with E-state index in [1.165, 1.54) is 19.1 Å². The molecule has 0 saturated heterocycles. The van der Waals surface area contributed by atoms with Crippen LogP contribution in [0.5, 0.6) is 0 Å². The third kappa shape index (κ3) is 7.10. The van der Waals surface area contributed by atoms with Gasteiger partial charge in [-0.1, -0.05) is 25.1 Å². The highest BCUT2D eigenvalue weighted by Gasteiger charge is 2.12. The normalized spacial score (nSPS) is 10.0. The summed E-state index contributed by atoms with van der Waals surface area (Å²) in [5.74, 6) is -1.87. The minimum Gasteiger partial charge on any atom is -0.452 e. The first-order chi connectivity index (χ1) is 13.9. The molecule has 0 fully saturated rings. The number of amides is 3. The van der Waals surface area contributed by atoms with Crippen molar-refractivity contribution in [3.05, 3.63) is 59.7 Å². The number of hydrogen-bond acceptors (Lipinski definition) is 5. The minimum absolute atomic E-state index is 0.223. The molecule has 0 aliphatic carbocycles. The Morgan fingerprint density at radius 1 is 0.897 bits per heavy atom. The van der Waals surface area contributed by atoms with Crippen molar-refractivity contribution in [2.75, 3.05) is 23.8 Å². The summed E-state index contributed by atoms with van der Waals surface area (Å²) in [6.07, 6.45) is 0.768. The second-order valence-corrected chi connectivity index (χ2v) is 6.17. The lowest BCUT2D eigenvalue weighted by Gasteiger charge is -2.10. The number of hydrogen-bond donors (Lipinski definition) is 3. The summed E-state index contributed by atoms with van der Waals surface area (Å²) >= 11 is 0. The molecule has 2 aromatic carbocycles. The Kier molecular flexibility index (Phi) is 7.90. The van der Waals surface area contributed by atoms with Crippen LogP contribution < -0.4 is 16.0 Å². The molecule has 0 spiro atoms. The van der Waals surface area contributed by atoms with Gasteiger partial charge in [0.25, 0.3) is 5.91 Å². The Labute approximate surface area is 168 Å². The summed E-state index contributed by atoms with van der Waals surface area (Å²) in [7, 11) is 0. The van der Waals surface area contributed by atoms with Crippen LogP contribution in [0, 0.1) is 0 Å². The van der Waals surface area contributed by atoms with Crippen molar-refractivity contribution in [3.63, 3.8) is 0 Å². The fraction of sp³-hybridized carbons (Fsp3) is 0.238. The molecule has 0 bridgehead atoms. The molecule has 0 aliphatic heterocycles. The van der Waals surface area contributed by atoms with Gasteiger partial charge in [-0.25, -0.2) is 4.79 Å². The summed E-state index contributed by atoms with van der Waals surface area (Å²) in [6.45, 7) is 2.61. The first-order valence-electron chi connectivity index (χ1n) is 9.08. The molecule has 8 heteroatoms. The van der Waals surface area contributed by atoms with Crippen LogP contribution in [-0.4, -0.2) is 36.8 Å². The molecule has 29 heavy (non-hydrogen) atoms. The SMILES string of the molecule is CCc1ccccc1NC(=O)CNC(=O)COC(=O)c1ccc(NC(C)=O)cc1. The number of aryl methyl sites for hydroxylation is 1. The number of carbonyl (C=O) groups is 4. The van der Waals surface area contributed by atoms with Crippen molar-refractivity contribution in [1.82, 2.24) is 5.32 Å². The number of nitrogens with one attached hydrogen (secondary N) is 3. The molecule has 152 valence electrons. The number of carbonyl (C=O) groups excluding carboxylic acids is 4. The van der Waals surface area contributed by atoms with E-state index < -0.39 is 18.5 Å².